The number of nitrogens with one attached hydrogen (secondary N) is 1. The van der Waals surface area contributed by atoms with Gasteiger partial charge in [0.2, 0.25) is 0 Å². The Labute approximate surface area is 165 Å². The van der Waals surface area contributed by atoms with Crippen molar-refractivity contribution in [2.24, 2.45) is 0 Å². The lowest BCUT2D eigenvalue weighted by molar-refractivity contribution is -0.145. The third-order valence-electron chi connectivity index (χ3n) is 4.53. The number of benzene rings is 2. The van der Waals surface area contributed by atoms with Crippen LogP contribution in [0.2, 0.25) is 0 Å². The Hall–Kier alpha value is -3.94. The normalized spacial score (nSPS) is 10.9. The molecule has 0 radical (unpaired) electrons. The van der Waals surface area contributed by atoms with Crippen LogP contribution in [0.1, 0.15) is 12.0 Å². The fraction of sp³-hybridized carbons (Fsp3) is 0.143. The van der Waals surface area contributed by atoms with Crippen LogP contribution in [-0.2, 0) is 22.7 Å². The van der Waals surface area contributed by atoms with E-state index in [4.69, 9.17) is 4.74 Å². The Kier molecular flexibility index (Phi) is 5.07. The largest absolute Gasteiger partial charge is 0.461 e. The summed E-state index contributed by atoms with van der Waals surface area (Å²) in [6, 6.07) is 15.9. The molecule has 4 aromatic rings. The van der Waals surface area contributed by atoms with Crippen LogP contribution in [0, 0.1) is 0 Å². The Morgan fingerprint density at radius 1 is 1.00 bits per heavy atom. The van der Waals surface area contributed by atoms with Crippen LogP contribution in [0.25, 0.3) is 16.5 Å². The first-order valence-electron chi connectivity index (χ1n) is 9.08. The Bertz CT molecular complexity index is 1250. The monoisotopic (exact) mass is 390 g/mol. The molecule has 0 unspecified atom stereocenters. The average molecular weight is 390 g/mol. The molecule has 0 aliphatic heterocycles. The van der Waals surface area contributed by atoms with Gasteiger partial charge in [0.25, 0.3) is 11.1 Å². The van der Waals surface area contributed by atoms with Gasteiger partial charge in [-0.3, -0.25) is 19.5 Å². The van der Waals surface area contributed by atoms with Gasteiger partial charge in [0, 0.05) is 12.4 Å². The zero-order valence-electron chi connectivity index (χ0n) is 15.4. The van der Waals surface area contributed by atoms with Crippen LogP contribution in [0.4, 0.5) is 0 Å². The average Bonchev–Trinajstić information content (AvgIpc) is 3.29. The van der Waals surface area contributed by atoms with Crippen LogP contribution < -0.4 is 11.1 Å². The lowest BCUT2D eigenvalue weighted by Crippen LogP contribution is -2.30. The number of rotatable bonds is 6. The molecule has 0 fully saturated rings. The minimum atomic E-state index is -0.456. The predicted octanol–water partition coefficient (Wildman–Crippen LogP) is 2.01. The van der Waals surface area contributed by atoms with E-state index in [2.05, 4.69) is 10.2 Å². The highest BCUT2D eigenvalue weighted by Crippen LogP contribution is 2.10. The highest BCUT2D eigenvalue weighted by atomic mass is 16.5. The van der Waals surface area contributed by atoms with Crippen molar-refractivity contribution in [2.45, 2.75) is 19.6 Å². The van der Waals surface area contributed by atoms with E-state index < -0.39 is 5.97 Å². The molecule has 8 nitrogen and oxygen atoms in total. The summed E-state index contributed by atoms with van der Waals surface area (Å²) in [6.07, 6.45) is 3.51. The number of carbonyl (C=O) groups excluding carboxylic acids is 1. The first-order valence-corrected chi connectivity index (χ1v) is 9.08. The molecular formula is C21H18N4O4. The standard InChI is InChI=1S/C21H18N4O4/c26-19(29-14-15-6-8-16(9-7-15)24-12-3-11-22-24)10-13-25-21(28)18-5-2-1-4-17(18)20(27)23-25/h1-9,11-12H,10,13-14H2,(H,23,27). The number of nitrogens with zero attached hydrogens (tertiary/aromatic N) is 3. The molecule has 0 bridgehead atoms. The van der Waals surface area contributed by atoms with Crippen LogP contribution >= 0.6 is 0 Å². The number of ether oxygens (including phenoxy) is 1. The maximum absolute atomic E-state index is 12.4. The SMILES string of the molecule is O=C(CCn1[nH]c(=O)c2ccccc2c1=O)OCc1ccc(-n2cccn2)cc1. The molecule has 2 heterocycles. The molecule has 1 N–H and O–H groups in total. The molecule has 0 atom stereocenters. The van der Waals surface area contributed by atoms with Crippen LogP contribution in [0.3, 0.4) is 0 Å². The summed E-state index contributed by atoms with van der Waals surface area (Å²) < 4.78 is 8.15. The summed E-state index contributed by atoms with van der Waals surface area (Å²) in [6.45, 7) is 0.164. The van der Waals surface area contributed by atoms with Gasteiger partial charge in [-0.05, 0) is 35.9 Å². The second kappa shape index (κ2) is 7.97. The summed E-state index contributed by atoms with van der Waals surface area (Å²) >= 11 is 0. The van der Waals surface area contributed by atoms with Crippen molar-refractivity contribution in [3.05, 3.63) is 93.3 Å². The van der Waals surface area contributed by atoms with E-state index in [9.17, 15) is 14.4 Å². The van der Waals surface area contributed by atoms with Crippen molar-refractivity contribution in [2.75, 3.05) is 0 Å². The van der Waals surface area contributed by atoms with Crippen molar-refractivity contribution in [3.8, 4) is 5.69 Å². The molecule has 2 aromatic heterocycles. The summed E-state index contributed by atoms with van der Waals surface area (Å²) in [7, 11) is 0. The number of fused-ring (bicyclic) bond motifs is 1. The van der Waals surface area contributed by atoms with E-state index in [1.54, 1.807) is 35.1 Å². The molecule has 0 saturated carbocycles. The van der Waals surface area contributed by atoms with Crippen molar-refractivity contribution in [1.29, 1.82) is 0 Å². The molecule has 0 spiro atoms. The topological polar surface area (TPSA) is 99.0 Å². The van der Waals surface area contributed by atoms with Crippen LogP contribution in [0.15, 0.2) is 76.6 Å². The number of aromatic nitrogens is 4. The minimum Gasteiger partial charge on any atom is -0.461 e. The maximum Gasteiger partial charge on any atom is 0.308 e. The molecule has 0 aliphatic rings. The van der Waals surface area contributed by atoms with Crippen molar-refractivity contribution in [3.63, 3.8) is 0 Å². The number of hydrogen-bond acceptors (Lipinski definition) is 5. The van der Waals surface area contributed by atoms with E-state index in [0.717, 1.165) is 15.9 Å². The molecule has 8 heteroatoms. The number of carbonyl (C=O) groups is 1. The highest BCUT2D eigenvalue weighted by molar-refractivity contribution is 5.80. The van der Waals surface area contributed by atoms with Crippen LogP contribution in [0.5, 0.6) is 0 Å². The third-order valence-corrected chi connectivity index (χ3v) is 4.53. The lowest BCUT2D eigenvalue weighted by atomic mass is 10.2. The van der Waals surface area contributed by atoms with Gasteiger partial charge in [-0.1, -0.05) is 24.3 Å². The van der Waals surface area contributed by atoms with Gasteiger partial charge in [0.05, 0.1) is 29.4 Å². The Morgan fingerprint density at radius 3 is 2.48 bits per heavy atom. The summed E-state index contributed by atoms with van der Waals surface area (Å²) in [5.74, 6) is -0.456. The van der Waals surface area contributed by atoms with E-state index in [-0.39, 0.29) is 30.7 Å². The zero-order chi connectivity index (χ0) is 20.2. The molecule has 2 aromatic carbocycles. The number of esters is 1. The second-order valence-electron chi connectivity index (χ2n) is 6.47. The molecule has 29 heavy (non-hydrogen) atoms. The van der Waals surface area contributed by atoms with Crippen molar-refractivity contribution >= 4 is 16.7 Å². The fourth-order valence-electron chi connectivity index (χ4n) is 3.01. The van der Waals surface area contributed by atoms with Gasteiger partial charge in [-0.2, -0.15) is 5.10 Å². The Balaban J connectivity index is 1.36. The maximum atomic E-state index is 12.4. The number of hydrogen-bond donors (Lipinski definition) is 1. The second-order valence-corrected chi connectivity index (χ2v) is 6.47. The quantitative estimate of drug-likeness (QED) is 0.508. The van der Waals surface area contributed by atoms with Gasteiger partial charge in [-0.15, -0.1) is 0 Å². The number of aryl methyl sites for hydroxylation is 1. The summed E-state index contributed by atoms with van der Waals surface area (Å²) in [4.78, 5) is 36.6. The number of aromatic amines is 1. The van der Waals surface area contributed by atoms with Crippen molar-refractivity contribution < 1.29 is 9.53 Å². The Morgan fingerprint density at radius 2 is 1.76 bits per heavy atom. The third kappa shape index (κ3) is 4.01. The predicted molar refractivity (Wildman–Crippen MR) is 107 cm³/mol. The smallest absolute Gasteiger partial charge is 0.308 e. The fourth-order valence-corrected chi connectivity index (χ4v) is 3.01. The zero-order valence-corrected chi connectivity index (χ0v) is 15.4. The summed E-state index contributed by atoms with van der Waals surface area (Å²) in [5.41, 5.74) is 1.03. The molecule has 4 rings (SSSR count). The van der Waals surface area contributed by atoms with Gasteiger partial charge in [0.1, 0.15) is 6.61 Å². The highest BCUT2D eigenvalue weighted by Gasteiger charge is 2.09. The first kappa shape index (κ1) is 18.4. The molecule has 0 aliphatic carbocycles. The molecule has 146 valence electrons. The van der Waals surface area contributed by atoms with E-state index in [1.807, 2.05) is 36.5 Å². The number of H-pyrrole nitrogens is 1. The van der Waals surface area contributed by atoms with E-state index in [0.29, 0.717) is 10.8 Å². The molecule has 0 saturated heterocycles. The van der Waals surface area contributed by atoms with Gasteiger partial charge < -0.3 is 4.74 Å². The van der Waals surface area contributed by atoms with Gasteiger partial charge in [0.15, 0.2) is 0 Å². The molecular weight excluding hydrogens is 372 g/mol. The van der Waals surface area contributed by atoms with Crippen molar-refractivity contribution in [1.82, 2.24) is 19.6 Å². The minimum absolute atomic E-state index is 0.0282. The van der Waals surface area contributed by atoms with Gasteiger partial charge >= 0.3 is 5.97 Å². The first-order chi connectivity index (χ1) is 14.1. The van der Waals surface area contributed by atoms with E-state index in [1.165, 1.54) is 0 Å². The summed E-state index contributed by atoms with van der Waals surface area (Å²) in [5, 5.41) is 7.30. The molecule has 0 amide bonds. The van der Waals surface area contributed by atoms with Crippen LogP contribution in [-0.4, -0.2) is 25.5 Å². The van der Waals surface area contributed by atoms with E-state index >= 15 is 0 Å². The lowest BCUT2D eigenvalue weighted by Gasteiger charge is -2.08. The van der Waals surface area contributed by atoms with Gasteiger partial charge in [-0.25, -0.2) is 9.36 Å².